The molecule has 6 nitrogen and oxygen atoms in total. The molecule has 0 bridgehead atoms. The third kappa shape index (κ3) is 5.92. The first-order valence-electron chi connectivity index (χ1n) is 7.76. The molecular weight excluding hydrogens is 381 g/mol. The smallest absolute Gasteiger partial charge is 0.307 e. The SMILES string of the molecule is C[C@H](OC(=O)CCS(=O)(=O)c1ccc(F)cc1)C(=O)NCc1cccs1. The van der Waals surface area contributed by atoms with Gasteiger partial charge in [0.1, 0.15) is 5.82 Å². The van der Waals surface area contributed by atoms with Gasteiger partial charge in [0.25, 0.3) is 5.91 Å². The molecule has 2 aromatic rings. The van der Waals surface area contributed by atoms with Gasteiger partial charge in [0.05, 0.1) is 23.6 Å². The highest BCUT2D eigenvalue weighted by molar-refractivity contribution is 7.91. The Balaban J connectivity index is 1.80. The Hall–Kier alpha value is -2.26. The number of halogens is 1. The van der Waals surface area contributed by atoms with Crippen LogP contribution in [0.3, 0.4) is 0 Å². The van der Waals surface area contributed by atoms with E-state index >= 15 is 0 Å². The molecule has 140 valence electrons. The zero-order valence-electron chi connectivity index (χ0n) is 14.0. The number of hydrogen-bond donors (Lipinski definition) is 1. The fraction of sp³-hybridized carbons (Fsp3) is 0.294. The summed E-state index contributed by atoms with van der Waals surface area (Å²) < 4.78 is 42.0. The van der Waals surface area contributed by atoms with Crippen LogP contribution in [0.2, 0.25) is 0 Å². The summed E-state index contributed by atoms with van der Waals surface area (Å²) in [4.78, 5) is 24.6. The van der Waals surface area contributed by atoms with Crippen LogP contribution in [0.4, 0.5) is 4.39 Å². The van der Waals surface area contributed by atoms with Gasteiger partial charge in [-0.15, -0.1) is 11.3 Å². The van der Waals surface area contributed by atoms with E-state index in [4.69, 9.17) is 4.74 Å². The lowest BCUT2D eigenvalue weighted by molar-refractivity contribution is -0.154. The molecule has 1 aromatic carbocycles. The number of nitrogens with one attached hydrogen (secondary N) is 1. The van der Waals surface area contributed by atoms with E-state index in [0.717, 1.165) is 29.1 Å². The number of thiophene rings is 1. The Bertz CT molecular complexity index is 848. The van der Waals surface area contributed by atoms with E-state index in [9.17, 15) is 22.4 Å². The monoisotopic (exact) mass is 399 g/mol. The Kier molecular flexibility index (Phi) is 6.87. The second kappa shape index (κ2) is 8.91. The molecule has 1 atom stereocenters. The zero-order valence-corrected chi connectivity index (χ0v) is 15.6. The van der Waals surface area contributed by atoms with Gasteiger partial charge in [-0.3, -0.25) is 9.59 Å². The molecular formula is C17H18FNO5S2. The van der Waals surface area contributed by atoms with Crippen LogP contribution in [0.15, 0.2) is 46.7 Å². The summed E-state index contributed by atoms with van der Waals surface area (Å²) >= 11 is 1.49. The summed E-state index contributed by atoms with van der Waals surface area (Å²) in [7, 11) is -3.73. The van der Waals surface area contributed by atoms with Crippen molar-refractivity contribution in [3.05, 3.63) is 52.5 Å². The van der Waals surface area contributed by atoms with Crippen LogP contribution in [-0.4, -0.2) is 32.2 Å². The predicted octanol–water partition coefficient (Wildman–Crippen LogP) is 2.30. The van der Waals surface area contributed by atoms with Crippen molar-refractivity contribution < 1.29 is 27.1 Å². The average Bonchev–Trinajstić information content (AvgIpc) is 3.12. The van der Waals surface area contributed by atoms with Gasteiger partial charge in [-0.05, 0) is 42.6 Å². The summed E-state index contributed by atoms with van der Waals surface area (Å²) in [5, 5.41) is 4.52. The molecule has 9 heteroatoms. The third-order valence-corrected chi connectivity index (χ3v) is 6.05. The highest BCUT2D eigenvalue weighted by Gasteiger charge is 2.21. The first kappa shape index (κ1) is 20.1. The van der Waals surface area contributed by atoms with E-state index in [0.29, 0.717) is 6.54 Å². The predicted molar refractivity (Wildman–Crippen MR) is 94.8 cm³/mol. The largest absolute Gasteiger partial charge is 0.453 e. The molecule has 1 aromatic heterocycles. The van der Waals surface area contributed by atoms with Crippen molar-refractivity contribution in [2.45, 2.75) is 30.9 Å². The van der Waals surface area contributed by atoms with Crippen LogP contribution in [0.25, 0.3) is 0 Å². The number of benzene rings is 1. The van der Waals surface area contributed by atoms with Crippen molar-refractivity contribution in [1.82, 2.24) is 5.32 Å². The van der Waals surface area contributed by atoms with Crippen molar-refractivity contribution in [3.8, 4) is 0 Å². The Labute approximate surface area is 154 Å². The van der Waals surface area contributed by atoms with Gasteiger partial charge in [-0.2, -0.15) is 0 Å². The number of hydrogen-bond acceptors (Lipinski definition) is 6. The van der Waals surface area contributed by atoms with Gasteiger partial charge in [0.15, 0.2) is 15.9 Å². The van der Waals surface area contributed by atoms with E-state index in [1.54, 1.807) is 0 Å². The van der Waals surface area contributed by atoms with Crippen molar-refractivity contribution in [1.29, 1.82) is 0 Å². The van der Waals surface area contributed by atoms with Crippen LogP contribution in [0.1, 0.15) is 18.2 Å². The van der Waals surface area contributed by atoms with Crippen LogP contribution in [0, 0.1) is 5.82 Å². The van der Waals surface area contributed by atoms with Crippen LogP contribution >= 0.6 is 11.3 Å². The molecule has 1 heterocycles. The fourth-order valence-electron chi connectivity index (χ4n) is 2.02. The lowest BCUT2D eigenvalue weighted by Gasteiger charge is -2.13. The number of ether oxygens (including phenoxy) is 1. The maximum atomic E-state index is 12.9. The number of carbonyl (C=O) groups excluding carboxylic acids is 2. The molecule has 0 aliphatic heterocycles. The van der Waals surface area contributed by atoms with Crippen LogP contribution in [0.5, 0.6) is 0 Å². The van der Waals surface area contributed by atoms with E-state index in [2.05, 4.69) is 5.32 Å². The van der Waals surface area contributed by atoms with Crippen LogP contribution in [-0.2, 0) is 30.7 Å². The minimum Gasteiger partial charge on any atom is -0.453 e. The lowest BCUT2D eigenvalue weighted by atomic mass is 10.3. The van der Waals surface area contributed by atoms with Crippen LogP contribution < -0.4 is 5.32 Å². The fourth-order valence-corrected chi connectivity index (χ4v) is 3.88. The summed E-state index contributed by atoms with van der Waals surface area (Å²) in [6.07, 6.45) is -1.43. The maximum Gasteiger partial charge on any atom is 0.307 e. The van der Waals surface area contributed by atoms with Gasteiger partial charge < -0.3 is 10.1 Å². The molecule has 0 aliphatic rings. The molecule has 0 saturated carbocycles. The topological polar surface area (TPSA) is 89.5 Å². The molecule has 2 rings (SSSR count). The normalized spacial score (nSPS) is 12.4. The highest BCUT2D eigenvalue weighted by atomic mass is 32.2. The van der Waals surface area contributed by atoms with Gasteiger partial charge in [-0.25, -0.2) is 12.8 Å². The van der Waals surface area contributed by atoms with Gasteiger partial charge >= 0.3 is 5.97 Å². The Morgan fingerprint density at radius 1 is 1.23 bits per heavy atom. The lowest BCUT2D eigenvalue weighted by Crippen LogP contribution is -2.35. The van der Waals surface area contributed by atoms with Crippen molar-refractivity contribution in [2.75, 3.05) is 5.75 Å². The van der Waals surface area contributed by atoms with Gasteiger partial charge in [0, 0.05) is 4.88 Å². The average molecular weight is 399 g/mol. The molecule has 1 N–H and O–H groups in total. The maximum absolute atomic E-state index is 12.9. The Morgan fingerprint density at radius 3 is 2.54 bits per heavy atom. The van der Waals surface area contributed by atoms with E-state index in [1.807, 2.05) is 17.5 Å². The Morgan fingerprint density at radius 2 is 1.92 bits per heavy atom. The number of carbonyl (C=O) groups is 2. The summed E-state index contributed by atoms with van der Waals surface area (Å²) in [6.45, 7) is 1.74. The molecule has 1 amide bonds. The minimum atomic E-state index is -3.73. The molecule has 0 radical (unpaired) electrons. The van der Waals surface area contributed by atoms with E-state index in [1.165, 1.54) is 18.3 Å². The van der Waals surface area contributed by atoms with Crippen molar-refractivity contribution in [2.24, 2.45) is 0 Å². The van der Waals surface area contributed by atoms with Gasteiger partial charge in [0.2, 0.25) is 0 Å². The summed E-state index contributed by atoms with van der Waals surface area (Å²) in [5.74, 6) is -2.30. The first-order chi connectivity index (χ1) is 12.3. The molecule has 0 unspecified atom stereocenters. The molecule has 0 saturated heterocycles. The third-order valence-electron chi connectivity index (χ3n) is 3.44. The van der Waals surface area contributed by atoms with Crippen molar-refractivity contribution >= 4 is 33.1 Å². The first-order valence-corrected chi connectivity index (χ1v) is 10.3. The molecule has 0 spiro atoms. The number of esters is 1. The van der Waals surface area contributed by atoms with E-state index in [-0.39, 0.29) is 4.90 Å². The molecule has 0 aliphatic carbocycles. The molecule has 0 fully saturated rings. The zero-order chi connectivity index (χ0) is 19.2. The highest BCUT2D eigenvalue weighted by Crippen LogP contribution is 2.13. The summed E-state index contributed by atoms with van der Waals surface area (Å²) in [6, 6.07) is 8.06. The number of sulfone groups is 1. The van der Waals surface area contributed by atoms with E-state index < -0.39 is 45.8 Å². The van der Waals surface area contributed by atoms with Crippen molar-refractivity contribution in [3.63, 3.8) is 0 Å². The quantitative estimate of drug-likeness (QED) is 0.543. The van der Waals surface area contributed by atoms with Gasteiger partial charge in [-0.1, -0.05) is 6.07 Å². The molecule has 26 heavy (non-hydrogen) atoms. The minimum absolute atomic E-state index is 0.0755. The summed E-state index contributed by atoms with van der Waals surface area (Å²) in [5.41, 5.74) is 0. The number of amides is 1. The second-order valence-corrected chi connectivity index (χ2v) is 8.59. The number of rotatable bonds is 8. The second-order valence-electron chi connectivity index (χ2n) is 5.45. The standard InChI is InChI=1S/C17H18FNO5S2/c1-12(17(21)19-11-14-3-2-9-25-14)24-16(20)8-10-26(22,23)15-6-4-13(18)5-7-15/h2-7,9,12H,8,10-11H2,1H3,(H,19,21)/t12-/m0/s1.